The quantitative estimate of drug-likeness (QED) is 0.657. The normalized spacial score (nSPS) is 15.4. The van der Waals surface area contributed by atoms with Gasteiger partial charge in [0.25, 0.3) is 0 Å². The molecule has 7 heteroatoms. The molecule has 0 unspecified atom stereocenters. The molecule has 2 N–H and O–H groups in total. The van der Waals surface area contributed by atoms with Crippen LogP contribution in [0, 0.1) is 5.92 Å². The van der Waals surface area contributed by atoms with Crippen LogP contribution in [-0.4, -0.2) is 53.7 Å². The van der Waals surface area contributed by atoms with Gasteiger partial charge in [-0.3, -0.25) is 4.79 Å². The van der Waals surface area contributed by atoms with Gasteiger partial charge in [-0.2, -0.15) is 0 Å². The third-order valence-electron chi connectivity index (χ3n) is 3.39. The highest BCUT2D eigenvalue weighted by molar-refractivity contribution is 5.86. The van der Waals surface area contributed by atoms with Crippen molar-refractivity contribution >= 4 is 18.0 Å². The van der Waals surface area contributed by atoms with Crippen molar-refractivity contribution in [1.29, 1.82) is 0 Å². The van der Waals surface area contributed by atoms with Gasteiger partial charge in [0.1, 0.15) is 6.04 Å². The second kappa shape index (κ2) is 7.85. The number of aliphatic carboxylic acids is 1. The predicted molar refractivity (Wildman–Crippen MR) is 75.8 cm³/mol. The molecule has 1 rings (SSSR count). The highest BCUT2D eigenvalue weighted by Crippen LogP contribution is 2.27. The number of carbonyl (C=O) groups is 3. The van der Waals surface area contributed by atoms with Crippen molar-refractivity contribution in [2.24, 2.45) is 5.92 Å². The minimum atomic E-state index is -1.26. The molecule has 1 atom stereocenters. The zero-order chi connectivity index (χ0) is 16.0. The van der Waals surface area contributed by atoms with Gasteiger partial charge in [-0.1, -0.05) is 13.8 Å². The molecule has 7 nitrogen and oxygen atoms in total. The van der Waals surface area contributed by atoms with Crippen LogP contribution in [0.5, 0.6) is 0 Å². The van der Waals surface area contributed by atoms with Gasteiger partial charge in [0, 0.05) is 12.6 Å². The summed E-state index contributed by atoms with van der Waals surface area (Å²) in [5.41, 5.74) is 0. The van der Waals surface area contributed by atoms with Crippen molar-refractivity contribution in [2.75, 3.05) is 13.7 Å². The van der Waals surface area contributed by atoms with E-state index < -0.39 is 24.0 Å². The topological polar surface area (TPSA) is 95.9 Å². The van der Waals surface area contributed by atoms with Gasteiger partial charge in [0.2, 0.25) is 0 Å². The maximum absolute atomic E-state index is 12.2. The molecule has 0 bridgehead atoms. The molecule has 1 fully saturated rings. The number of nitrogens with one attached hydrogen (secondary N) is 1. The maximum Gasteiger partial charge on any atom is 0.326 e. The minimum absolute atomic E-state index is 0.191. The monoisotopic (exact) mass is 300 g/mol. The molecule has 0 aromatic carbocycles. The highest BCUT2D eigenvalue weighted by atomic mass is 16.5. The second-order valence-corrected chi connectivity index (χ2v) is 5.73. The van der Waals surface area contributed by atoms with E-state index in [1.54, 1.807) is 4.90 Å². The van der Waals surface area contributed by atoms with Crippen LogP contribution >= 0.6 is 0 Å². The maximum atomic E-state index is 12.2. The summed E-state index contributed by atoms with van der Waals surface area (Å²) in [4.78, 5) is 36.2. The summed E-state index contributed by atoms with van der Waals surface area (Å²) in [5, 5.41) is 11.5. The van der Waals surface area contributed by atoms with Gasteiger partial charge in [0.05, 0.1) is 13.5 Å². The van der Waals surface area contributed by atoms with Gasteiger partial charge in [-0.15, -0.1) is 0 Å². The lowest BCUT2D eigenvalue weighted by Gasteiger charge is -2.25. The molecular weight excluding hydrogens is 276 g/mol. The number of ether oxygens (including phenoxy) is 1. The largest absolute Gasteiger partial charge is 0.480 e. The SMILES string of the molecule is COC(=O)C[C@H](NC(=O)N(CCC(C)C)C1CC1)C(=O)O. The molecule has 0 radical (unpaired) electrons. The summed E-state index contributed by atoms with van der Waals surface area (Å²) in [5.74, 6) is -1.44. The molecule has 1 saturated carbocycles. The lowest BCUT2D eigenvalue weighted by atomic mass is 10.1. The fourth-order valence-corrected chi connectivity index (χ4v) is 1.92. The fourth-order valence-electron chi connectivity index (χ4n) is 1.92. The fraction of sp³-hybridized carbons (Fsp3) is 0.786. The second-order valence-electron chi connectivity index (χ2n) is 5.73. The van der Waals surface area contributed by atoms with Crippen LogP contribution in [0.15, 0.2) is 0 Å². The number of nitrogens with zero attached hydrogens (tertiary/aromatic N) is 1. The number of rotatable bonds is 8. The first-order valence-corrected chi connectivity index (χ1v) is 7.21. The third-order valence-corrected chi connectivity index (χ3v) is 3.39. The number of carboxylic acids is 1. The first-order chi connectivity index (χ1) is 9.85. The van der Waals surface area contributed by atoms with Crippen LogP contribution in [0.25, 0.3) is 0 Å². The summed E-state index contributed by atoms with van der Waals surface area (Å²) in [7, 11) is 1.18. The summed E-state index contributed by atoms with van der Waals surface area (Å²) >= 11 is 0. The van der Waals surface area contributed by atoms with Crippen LogP contribution < -0.4 is 5.32 Å². The van der Waals surface area contributed by atoms with Crippen LogP contribution in [0.4, 0.5) is 4.79 Å². The zero-order valence-electron chi connectivity index (χ0n) is 12.8. The third kappa shape index (κ3) is 6.01. The van der Waals surface area contributed by atoms with E-state index >= 15 is 0 Å². The van der Waals surface area contributed by atoms with Gasteiger partial charge in [0.15, 0.2) is 0 Å². The first-order valence-electron chi connectivity index (χ1n) is 7.21. The molecule has 2 amide bonds. The van der Waals surface area contributed by atoms with E-state index in [-0.39, 0.29) is 12.5 Å². The Morgan fingerprint density at radius 2 is 1.95 bits per heavy atom. The molecule has 0 heterocycles. The van der Waals surface area contributed by atoms with E-state index in [2.05, 4.69) is 23.9 Å². The van der Waals surface area contributed by atoms with E-state index in [4.69, 9.17) is 5.11 Å². The summed E-state index contributed by atoms with van der Waals surface area (Å²) < 4.78 is 4.44. The zero-order valence-corrected chi connectivity index (χ0v) is 12.8. The lowest BCUT2D eigenvalue weighted by molar-refractivity contribution is -0.147. The van der Waals surface area contributed by atoms with Crippen molar-refractivity contribution in [1.82, 2.24) is 10.2 Å². The molecule has 21 heavy (non-hydrogen) atoms. The Labute approximate surface area is 124 Å². The Bertz CT molecular complexity index is 393. The number of amides is 2. The van der Waals surface area contributed by atoms with Crippen molar-refractivity contribution in [3.8, 4) is 0 Å². The van der Waals surface area contributed by atoms with E-state index in [0.717, 1.165) is 19.3 Å². The number of methoxy groups -OCH3 is 1. The van der Waals surface area contributed by atoms with Crippen molar-refractivity contribution in [3.05, 3.63) is 0 Å². The van der Waals surface area contributed by atoms with Crippen LogP contribution in [0.3, 0.4) is 0 Å². The van der Waals surface area contributed by atoms with Crippen molar-refractivity contribution in [2.45, 2.75) is 51.6 Å². The number of carbonyl (C=O) groups excluding carboxylic acids is 2. The molecule has 1 aliphatic rings. The number of urea groups is 1. The predicted octanol–water partition coefficient (Wildman–Crippen LogP) is 1.22. The van der Waals surface area contributed by atoms with E-state index in [1.807, 2.05) is 0 Å². The molecule has 120 valence electrons. The number of hydrogen-bond donors (Lipinski definition) is 2. The van der Waals surface area contributed by atoms with Gasteiger partial charge >= 0.3 is 18.0 Å². The average molecular weight is 300 g/mol. The average Bonchev–Trinajstić information content (AvgIpc) is 3.22. The molecular formula is C14H24N2O5. The molecule has 0 aliphatic heterocycles. The van der Waals surface area contributed by atoms with Gasteiger partial charge in [-0.05, 0) is 25.2 Å². The van der Waals surface area contributed by atoms with Gasteiger partial charge in [-0.25, -0.2) is 9.59 Å². The van der Waals surface area contributed by atoms with E-state index in [0.29, 0.717) is 12.5 Å². The summed E-state index contributed by atoms with van der Waals surface area (Å²) in [6.07, 6.45) is 2.37. The van der Waals surface area contributed by atoms with Crippen LogP contribution in [0.1, 0.15) is 39.5 Å². The molecule has 0 aromatic heterocycles. The van der Waals surface area contributed by atoms with Gasteiger partial charge < -0.3 is 20.1 Å². The molecule has 0 saturated heterocycles. The molecule has 0 spiro atoms. The summed E-state index contributed by atoms with van der Waals surface area (Å²) in [6.45, 7) is 4.74. The van der Waals surface area contributed by atoms with Crippen LogP contribution in [0.2, 0.25) is 0 Å². The van der Waals surface area contributed by atoms with Crippen molar-refractivity contribution < 1.29 is 24.2 Å². The Morgan fingerprint density at radius 3 is 2.38 bits per heavy atom. The van der Waals surface area contributed by atoms with E-state index in [9.17, 15) is 14.4 Å². The van der Waals surface area contributed by atoms with Crippen molar-refractivity contribution in [3.63, 3.8) is 0 Å². The minimum Gasteiger partial charge on any atom is -0.480 e. The summed E-state index contributed by atoms with van der Waals surface area (Å²) in [6, 6.07) is -1.49. The Balaban J connectivity index is 2.60. The van der Waals surface area contributed by atoms with E-state index in [1.165, 1.54) is 7.11 Å². The Morgan fingerprint density at radius 1 is 1.33 bits per heavy atom. The smallest absolute Gasteiger partial charge is 0.326 e. The molecule has 0 aromatic rings. The standard InChI is InChI=1S/C14H24N2O5/c1-9(2)6-7-16(10-4-5-10)14(20)15-11(13(18)19)8-12(17)21-3/h9-11H,4-8H2,1-3H3,(H,15,20)(H,18,19)/t11-/m0/s1. The highest BCUT2D eigenvalue weighted by Gasteiger charge is 2.34. The number of esters is 1. The number of hydrogen-bond acceptors (Lipinski definition) is 4. The first kappa shape index (κ1) is 17.3. The lowest BCUT2D eigenvalue weighted by Crippen LogP contribution is -2.50. The van der Waals surface area contributed by atoms with Crippen LogP contribution in [-0.2, 0) is 14.3 Å². The Hall–Kier alpha value is -1.79. The molecule has 1 aliphatic carbocycles. The Kier molecular flexibility index (Phi) is 6.45. The number of carboxylic acid groups (broad SMARTS) is 1.